The van der Waals surface area contributed by atoms with E-state index in [1.807, 2.05) is 0 Å². The van der Waals surface area contributed by atoms with Crippen LogP contribution in [0.15, 0.2) is 12.0 Å². The molecule has 0 aliphatic heterocycles. The smallest absolute Gasteiger partial charge is 0.158 e. The summed E-state index contributed by atoms with van der Waals surface area (Å²) in [6.45, 7) is -0.753. The van der Waals surface area contributed by atoms with Crippen molar-refractivity contribution >= 4 is 0 Å². The van der Waals surface area contributed by atoms with Gasteiger partial charge in [-0.2, -0.15) is 0 Å². The van der Waals surface area contributed by atoms with E-state index in [4.69, 9.17) is 30.6 Å². The van der Waals surface area contributed by atoms with Crippen LogP contribution in [0.3, 0.4) is 0 Å². The predicted octanol–water partition coefficient (Wildman–Crippen LogP) is -1.98. The van der Waals surface area contributed by atoms with Gasteiger partial charge in [0, 0.05) is 0 Å². The van der Waals surface area contributed by atoms with E-state index in [0.29, 0.717) is 0 Å². The average molecular weight is 180 g/mol. The summed E-state index contributed by atoms with van der Waals surface area (Å²) in [4.78, 5) is 0. The minimum Gasteiger partial charge on any atom is -0.512 e. The molecule has 0 saturated carbocycles. The van der Waals surface area contributed by atoms with E-state index < -0.39 is 30.7 Å². The van der Waals surface area contributed by atoms with Crippen LogP contribution in [0.4, 0.5) is 0 Å². The summed E-state index contributed by atoms with van der Waals surface area (Å²) in [6.07, 6.45) is -4.92. The van der Waals surface area contributed by atoms with Gasteiger partial charge < -0.3 is 30.6 Å². The average Bonchev–Trinajstić information content (AvgIpc) is 2.12. The Hall–Kier alpha value is -0.820. The molecule has 3 atom stereocenters. The van der Waals surface area contributed by atoms with Crippen molar-refractivity contribution in [3.63, 3.8) is 0 Å². The van der Waals surface area contributed by atoms with Gasteiger partial charge in [0.05, 0.1) is 6.61 Å². The second-order valence-electron chi connectivity index (χ2n) is 2.24. The Morgan fingerprint density at radius 2 is 1.75 bits per heavy atom. The predicted molar refractivity (Wildman–Crippen MR) is 38.4 cm³/mol. The largest absolute Gasteiger partial charge is 0.512 e. The molecule has 72 valence electrons. The molecule has 12 heavy (non-hydrogen) atoms. The molecule has 0 aromatic carbocycles. The van der Waals surface area contributed by atoms with Gasteiger partial charge in [-0.15, -0.1) is 0 Å². The molecule has 0 radical (unpaired) electrons. The summed E-state index contributed by atoms with van der Waals surface area (Å²) in [6, 6.07) is 0. The van der Waals surface area contributed by atoms with Crippen molar-refractivity contribution in [2.75, 3.05) is 6.61 Å². The summed E-state index contributed by atoms with van der Waals surface area (Å²) in [5.74, 6) is -0.880. The van der Waals surface area contributed by atoms with Crippen molar-refractivity contribution in [3.05, 3.63) is 12.0 Å². The van der Waals surface area contributed by atoms with Gasteiger partial charge in [-0.3, -0.25) is 0 Å². The number of aliphatic hydroxyl groups excluding tert-OH is 6. The maximum Gasteiger partial charge on any atom is 0.158 e. The van der Waals surface area contributed by atoms with Crippen LogP contribution >= 0.6 is 0 Å². The molecular formula is C6H12O6. The fourth-order valence-electron chi connectivity index (χ4n) is 0.570. The van der Waals surface area contributed by atoms with Gasteiger partial charge >= 0.3 is 0 Å². The van der Waals surface area contributed by atoms with Crippen LogP contribution < -0.4 is 0 Å². The van der Waals surface area contributed by atoms with Crippen molar-refractivity contribution in [2.45, 2.75) is 18.3 Å². The normalized spacial score (nSPS) is 20.2. The first-order valence-electron chi connectivity index (χ1n) is 3.22. The van der Waals surface area contributed by atoms with Crippen molar-refractivity contribution in [1.82, 2.24) is 0 Å². The number of hydrogen-bond acceptors (Lipinski definition) is 6. The third-order valence-electron chi connectivity index (χ3n) is 1.34. The zero-order chi connectivity index (χ0) is 9.72. The van der Waals surface area contributed by atoms with Crippen LogP contribution in [0.2, 0.25) is 0 Å². The molecule has 6 N–H and O–H groups in total. The highest BCUT2D eigenvalue weighted by atomic mass is 16.4. The molecular weight excluding hydrogens is 168 g/mol. The van der Waals surface area contributed by atoms with Crippen LogP contribution in [0.1, 0.15) is 0 Å². The molecule has 0 spiro atoms. The molecule has 0 saturated heterocycles. The first-order valence-corrected chi connectivity index (χ1v) is 3.22. The highest BCUT2D eigenvalue weighted by Crippen LogP contribution is 2.06. The molecule has 0 fully saturated rings. The van der Waals surface area contributed by atoms with Crippen LogP contribution in [0, 0.1) is 0 Å². The maximum absolute atomic E-state index is 8.92. The molecule has 0 unspecified atom stereocenters. The van der Waals surface area contributed by atoms with Gasteiger partial charge in [0.1, 0.15) is 24.6 Å². The Labute approximate surface area is 68.6 Å². The summed E-state index contributed by atoms with van der Waals surface area (Å²) in [5.41, 5.74) is 0. The summed E-state index contributed by atoms with van der Waals surface area (Å²) in [5, 5.41) is 51.7. The fraction of sp³-hybridized carbons (Fsp3) is 0.667. The van der Waals surface area contributed by atoms with Crippen molar-refractivity contribution in [2.24, 2.45) is 0 Å². The number of hydrogen-bond donors (Lipinski definition) is 6. The number of aliphatic hydroxyl groups is 6. The lowest BCUT2D eigenvalue weighted by atomic mass is 10.1. The second-order valence-corrected chi connectivity index (χ2v) is 2.24. The fourth-order valence-corrected chi connectivity index (χ4v) is 0.570. The molecule has 0 aromatic rings. The first kappa shape index (κ1) is 11.2. The Balaban J connectivity index is 4.18. The molecule has 6 heteroatoms. The molecule has 0 aliphatic carbocycles. The van der Waals surface area contributed by atoms with E-state index in [2.05, 4.69) is 0 Å². The topological polar surface area (TPSA) is 121 Å². The van der Waals surface area contributed by atoms with Crippen LogP contribution in [0.25, 0.3) is 0 Å². The third kappa shape index (κ3) is 2.67. The summed E-state index contributed by atoms with van der Waals surface area (Å²) in [7, 11) is 0. The lowest BCUT2D eigenvalue weighted by molar-refractivity contribution is -0.0750. The SMILES string of the molecule is OC=C(O)[C@H](O)[C@@H](O)[C@@H](O)CO. The van der Waals surface area contributed by atoms with Gasteiger partial charge in [-0.05, 0) is 0 Å². The summed E-state index contributed by atoms with van der Waals surface area (Å²) < 4.78 is 0. The summed E-state index contributed by atoms with van der Waals surface area (Å²) >= 11 is 0. The Morgan fingerprint density at radius 3 is 2.08 bits per heavy atom. The molecule has 0 aliphatic rings. The third-order valence-corrected chi connectivity index (χ3v) is 1.34. The Bertz CT molecular complexity index is 156. The van der Waals surface area contributed by atoms with E-state index in [1.54, 1.807) is 0 Å². The lowest BCUT2D eigenvalue weighted by Gasteiger charge is -2.20. The van der Waals surface area contributed by atoms with E-state index in [1.165, 1.54) is 0 Å². The van der Waals surface area contributed by atoms with Gasteiger partial charge in [-0.1, -0.05) is 0 Å². The molecule has 0 heterocycles. The molecule has 0 rings (SSSR count). The molecule has 6 nitrogen and oxygen atoms in total. The zero-order valence-electron chi connectivity index (χ0n) is 6.20. The van der Waals surface area contributed by atoms with E-state index in [0.717, 1.165) is 0 Å². The zero-order valence-corrected chi connectivity index (χ0v) is 6.20. The first-order chi connectivity index (χ1) is 5.54. The Kier molecular flexibility index (Phi) is 4.60. The second kappa shape index (κ2) is 4.94. The van der Waals surface area contributed by atoms with Crippen LogP contribution in [0.5, 0.6) is 0 Å². The van der Waals surface area contributed by atoms with Crippen molar-refractivity contribution in [1.29, 1.82) is 0 Å². The van der Waals surface area contributed by atoms with E-state index in [-0.39, 0.29) is 6.26 Å². The van der Waals surface area contributed by atoms with Crippen molar-refractivity contribution in [3.8, 4) is 0 Å². The van der Waals surface area contributed by atoms with Crippen molar-refractivity contribution < 1.29 is 30.6 Å². The molecule has 0 bridgehead atoms. The lowest BCUT2D eigenvalue weighted by Crippen LogP contribution is -2.40. The minimum absolute atomic E-state index is 0.192. The maximum atomic E-state index is 8.92. The Morgan fingerprint density at radius 1 is 1.25 bits per heavy atom. The van der Waals surface area contributed by atoms with Crippen LogP contribution in [-0.4, -0.2) is 55.6 Å². The van der Waals surface area contributed by atoms with Gasteiger partial charge in [0.25, 0.3) is 0 Å². The number of rotatable bonds is 4. The van der Waals surface area contributed by atoms with Gasteiger partial charge in [-0.25, -0.2) is 0 Å². The quantitative estimate of drug-likeness (QED) is 0.279. The highest BCUT2D eigenvalue weighted by Gasteiger charge is 2.26. The van der Waals surface area contributed by atoms with Crippen LogP contribution in [-0.2, 0) is 0 Å². The minimum atomic E-state index is -1.81. The monoisotopic (exact) mass is 180 g/mol. The standard InChI is InChI=1S/C6H12O6/c7-1-3(9)5(11)6(12)4(10)2-8/h1,4-12H,2H2/t4-,5-,6-/m0/s1. The van der Waals surface area contributed by atoms with E-state index >= 15 is 0 Å². The van der Waals surface area contributed by atoms with Gasteiger partial charge in [0.15, 0.2) is 5.76 Å². The van der Waals surface area contributed by atoms with E-state index in [9.17, 15) is 0 Å². The molecule has 0 amide bonds. The highest BCUT2D eigenvalue weighted by molar-refractivity contribution is 4.97. The van der Waals surface area contributed by atoms with Gasteiger partial charge in [0.2, 0.25) is 0 Å². The molecule has 0 aromatic heterocycles.